The molecule has 1 unspecified atom stereocenters. The van der Waals surface area contributed by atoms with Crippen LogP contribution in [-0.2, 0) is 36.2 Å². The van der Waals surface area contributed by atoms with Gasteiger partial charge in [0.15, 0.2) is 0 Å². The molecule has 76 heavy (non-hydrogen) atoms. The number of allylic oxidation sites excluding steroid dienone is 5. The number of carbonyl (C=O) groups is 3. The lowest BCUT2D eigenvalue weighted by Gasteiger charge is -2.46. The average Bonchev–Trinajstić information content (AvgIpc) is 3.39. The minimum atomic E-state index is -4.69. The zero-order valence-corrected chi connectivity index (χ0v) is 43.6. The van der Waals surface area contributed by atoms with Gasteiger partial charge in [-0.25, -0.2) is 14.4 Å². The van der Waals surface area contributed by atoms with Crippen molar-refractivity contribution in [1.29, 1.82) is 10.5 Å². The van der Waals surface area contributed by atoms with Crippen LogP contribution in [0.4, 0.5) is 42.5 Å². The maximum Gasteiger partial charge on any atom is 0.416 e. The summed E-state index contributed by atoms with van der Waals surface area (Å²) in [6.07, 6.45) is -2.27. The smallest absolute Gasteiger partial charge is 0.416 e. The number of nitrogens with zero attached hydrogens (tertiary/aromatic N) is 8. The molecule has 14 nitrogen and oxygen atoms in total. The predicted molar refractivity (Wildman–Crippen MR) is 274 cm³/mol. The Morgan fingerprint density at radius 1 is 0.737 bits per heavy atom. The Kier molecular flexibility index (Phi) is 20.1. The molecule has 0 aromatic heterocycles. The molecule has 3 atom stereocenters. The number of esters is 2. The molecule has 3 aliphatic rings. The first-order chi connectivity index (χ1) is 36.2. The van der Waals surface area contributed by atoms with Crippen LogP contribution in [0.25, 0.3) is 0 Å². The number of halogens is 6. The van der Waals surface area contributed by atoms with Gasteiger partial charge in [-0.05, 0) is 134 Å². The summed E-state index contributed by atoms with van der Waals surface area (Å²) < 4.78 is 100. The van der Waals surface area contributed by atoms with E-state index in [2.05, 4.69) is 21.9 Å². The van der Waals surface area contributed by atoms with Crippen LogP contribution in [0.2, 0.25) is 0 Å². The molecule has 0 saturated heterocycles. The molecule has 3 aromatic carbocycles. The van der Waals surface area contributed by atoms with Crippen LogP contribution in [0, 0.1) is 28.6 Å². The van der Waals surface area contributed by atoms with Crippen molar-refractivity contribution in [2.24, 2.45) is 5.92 Å². The summed E-state index contributed by atoms with van der Waals surface area (Å²) in [6, 6.07) is 17.9. The first-order valence-electron chi connectivity index (χ1n) is 25.2. The number of carbonyl (C=O) groups excluding carboxylic acids is 3. The number of likely N-dealkylation sites (N-methyl/N-ethyl adjacent to an activating group) is 2. The average molecular weight is 1060 g/mol. The molecule has 0 saturated carbocycles. The molecule has 1 aliphatic carbocycles. The third kappa shape index (κ3) is 14.3. The molecule has 6 rings (SSSR count). The van der Waals surface area contributed by atoms with Gasteiger partial charge in [0, 0.05) is 54.8 Å². The molecule has 2 aliphatic heterocycles. The van der Waals surface area contributed by atoms with E-state index in [0.29, 0.717) is 93.2 Å². The summed E-state index contributed by atoms with van der Waals surface area (Å²) in [7, 11) is 3.85. The van der Waals surface area contributed by atoms with Gasteiger partial charge in [0.1, 0.15) is 0 Å². The fraction of sp³-hybridized carbons (Fsp3) is 0.446. The Labute approximate surface area is 440 Å². The van der Waals surface area contributed by atoms with Gasteiger partial charge in [-0.2, -0.15) is 36.9 Å². The lowest BCUT2D eigenvalue weighted by atomic mass is 9.83. The molecule has 3 aromatic rings. The molecular formula is C56H64F6N8O6. The van der Waals surface area contributed by atoms with Crippen molar-refractivity contribution in [2.75, 3.05) is 96.3 Å². The maximum atomic E-state index is 14.6. The molecule has 0 bridgehead atoms. The SMILES string of the molecule is CCOC(=O)C1=C(C)N(c2cccc(C(F)(F)F)c2)CN(CCCN(C)CCOCCN(C)CCCN2C(=O)N(c3cccc(C(F)(F)F)c3)C(C)=C(C(=O)OCC)[C@H]2c2ccc(C#N)cc2)[C@@H]1C1C=CC(C#N)=CC1. The molecule has 20 heteroatoms. The number of anilines is 2. The van der Waals surface area contributed by atoms with Gasteiger partial charge < -0.3 is 33.8 Å². The minimum absolute atomic E-state index is 0.00783. The van der Waals surface area contributed by atoms with Gasteiger partial charge in [0.2, 0.25) is 0 Å². The third-order valence-electron chi connectivity index (χ3n) is 13.6. The van der Waals surface area contributed by atoms with Crippen LogP contribution in [0.15, 0.2) is 119 Å². The van der Waals surface area contributed by atoms with Crippen molar-refractivity contribution in [3.8, 4) is 12.1 Å². The molecule has 0 N–H and O–H groups in total. The molecule has 406 valence electrons. The zero-order valence-electron chi connectivity index (χ0n) is 43.6. The van der Waals surface area contributed by atoms with Gasteiger partial charge in [-0.15, -0.1) is 0 Å². The number of ether oxygens (including phenoxy) is 3. The van der Waals surface area contributed by atoms with E-state index in [1.807, 2.05) is 31.1 Å². The Morgan fingerprint density at radius 2 is 1.30 bits per heavy atom. The normalized spacial score (nSPS) is 18.6. The van der Waals surface area contributed by atoms with Crippen LogP contribution in [0.5, 0.6) is 0 Å². The van der Waals surface area contributed by atoms with E-state index >= 15 is 0 Å². The fourth-order valence-electron chi connectivity index (χ4n) is 9.75. The number of nitriles is 2. The Balaban J connectivity index is 1.07. The topological polar surface area (TPSA) is 146 Å². The number of hydrogen-bond acceptors (Lipinski definition) is 12. The van der Waals surface area contributed by atoms with Crippen LogP contribution >= 0.6 is 0 Å². The largest absolute Gasteiger partial charge is 0.463 e. The Morgan fingerprint density at radius 3 is 1.84 bits per heavy atom. The van der Waals surface area contributed by atoms with Gasteiger partial charge in [-0.1, -0.05) is 36.4 Å². The first-order valence-corrected chi connectivity index (χ1v) is 25.2. The highest BCUT2D eigenvalue weighted by atomic mass is 19.4. The van der Waals surface area contributed by atoms with Crippen LogP contribution in [0.1, 0.15) is 75.3 Å². The Hall–Kier alpha value is -6.97. The van der Waals surface area contributed by atoms with Crippen LogP contribution in [-0.4, -0.2) is 130 Å². The van der Waals surface area contributed by atoms with E-state index in [9.17, 15) is 51.2 Å². The van der Waals surface area contributed by atoms with Gasteiger partial charge in [0.25, 0.3) is 0 Å². The number of urea groups is 1. The highest BCUT2D eigenvalue weighted by Gasteiger charge is 2.44. The number of rotatable bonds is 22. The molecule has 2 amide bonds. The van der Waals surface area contributed by atoms with Crippen molar-refractivity contribution in [3.05, 3.63) is 141 Å². The summed E-state index contributed by atoms with van der Waals surface area (Å²) in [4.78, 5) is 52.6. The van der Waals surface area contributed by atoms with E-state index in [4.69, 9.17) is 14.2 Å². The van der Waals surface area contributed by atoms with E-state index in [1.54, 1.807) is 62.1 Å². The van der Waals surface area contributed by atoms with Gasteiger partial charge >= 0.3 is 30.3 Å². The molecule has 0 spiro atoms. The van der Waals surface area contributed by atoms with Crippen molar-refractivity contribution >= 4 is 29.3 Å². The Bertz CT molecular complexity index is 2760. The standard InChI is InChI=1S/C56H64F6N8O6/c1-7-75-52(71)48-38(3)69(46-15-9-13-44(33-46)55(57,58)59)37-67(50(48)42-21-17-40(35-63)18-22-42)27-11-25-65(5)29-31-74-32-30-66(6)26-12-28-68-51(43-23-19-41(36-64)20-24-43)49(53(72)76-8-2)39(4)70(54(68)73)47-16-10-14-45(34-47)56(60,61)62/h9-10,13-21,23-24,33-34,42,50-51H,7-8,11-12,22,25-32,37H2,1-6H3/t42?,50-,51-/m1/s1. The number of amides is 2. The number of alkyl halides is 6. The van der Waals surface area contributed by atoms with E-state index in [-0.39, 0.29) is 55.0 Å². The lowest BCUT2D eigenvalue weighted by Crippen LogP contribution is -2.54. The second kappa shape index (κ2) is 26.2. The minimum Gasteiger partial charge on any atom is -0.463 e. The van der Waals surface area contributed by atoms with Crippen molar-refractivity contribution in [1.82, 2.24) is 19.6 Å². The van der Waals surface area contributed by atoms with Gasteiger partial charge in [-0.3, -0.25) is 9.80 Å². The quantitative estimate of drug-likeness (QED) is 0.0536. The summed E-state index contributed by atoms with van der Waals surface area (Å²) in [5, 5.41) is 19.0. The fourth-order valence-corrected chi connectivity index (χ4v) is 9.75. The first kappa shape index (κ1) is 58.3. The zero-order chi connectivity index (χ0) is 55.3. The van der Waals surface area contributed by atoms with Crippen LogP contribution < -0.4 is 9.80 Å². The molecular weight excluding hydrogens is 995 g/mol. The molecule has 0 radical (unpaired) electrons. The summed E-state index contributed by atoms with van der Waals surface area (Å²) in [5.74, 6) is -1.50. The summed E-state index contributed by atoms with van der Waals surface area (Å²) >= 11 is 0. The second-order valence-corrected chi connectivity index (χ2v) is 18.8. The molecule has 0 fully saturated rings. The maximum absolute atomic E-state index is 14.6. The third-order valence-corrected chi connectivity index (χ3v) is 13.6. The highest BCUT2D eigenvalue weighted by Crippen LogP contribution is 2.42. The number of benzene rings is 3. The van der Waals surface area contributed by atoms with E-state index < -0.39 is 53.5 Å². The second-order valence-electron chi connectivity index (χ2n) is 18.8. The molecule has 2 heterocycles. The summed E-state index contributed by atoms with van der Waals surface area (Å²) in [5.41, 5.74) is 0.870. The van der Waals surface area contributed by atoms with Crippen LogP contribution in [0.3, 0.4) is 0 Å². The van der Waals surface area contributed by atoms with Gasteiger partial charge in [0.05, 0.1) is 90.8 Å². The predicted octanol–water partition coefficient (Wildman–Crippen LogP) is 10.1. The van der Waals surface area contributed by atoms with E-state index in [1.165, 1.54) is 30.0 Å². The van der Waals surface area contributed by atoms with Crippen molar-refractivity contribution < 1.29 is 54.9 Å². The highest BCUT2D eigenvalue weighted by molar-refractivity contribution is 6.03. The van der Waals surface area contributed by atoms with Crippen molar-refractivity contribution in [2.45, 2.75) is 71.4 Å². The lowest BCUT2D eigenvalue weighted by molar-refractivity contribution is -0.140. The summed E-state index contributed by atoms with van der Waals surface area (Å²) in [6.45, 7) is 10.4. The van der Waals surface area contributed by atoms with Crippen molar-refractivity contribution in [3.63, 3.8) is 0 Å². The number of hydrogen-bond donors (Lipinski definition) is 0. The monoisotopic (exact) mass is 1060 g/mol. The van der Waals surface area contributed by atoms with E-state index in [0.717, 1.165) is 29.2 Å².